The molecule has 3 rings (SSSR count). The molecule has 1 fully saturated rings. The molecule has 23 heavy (non-hydrogen) atoms. The van der Waals surface area contributed by atoms with Gasteiger partial charge in [-0.3, -0.25) is 0 Å². The van der Waals surface area contributed by atoms with Gasteiger partial charge in [-0.1, -0.05) is 22.9 Å². The summed E-state index contributed by atoms with van der Waals surface area (Å²) in [6.07, 6.45) is 5.74. The van der Waals surface area contributed by atoms with Crippen molar-refractivity contribution < 1.29 is 8.42 Å². The van der Waals surface area contributed by atoms with Crippen LogP contribution in [0, 0.1) is 0 Å². The number of hydrogen-bond donors (Lipinski definition) is 1. The molecule has 0 amide bonds. The molecular formula is C13H18ClN5O2S2. The Kier molecular flexibility index (Phi) is 4.90. The first-order valence-corrected chi connectivity index (χ1v) is 10.2. The molecule has 126 valence electrons. The number of thiazole rings is 1. The van der Waals surface area contributed by atoms with Crippen molar-refractivity contribution in [3.8, 4) is 10.7 Å². The first kappa shape index (κ1) is 16.7. The molecule has 7 nitrogen and oxygen atoms in total. The molecule has 1 aliphatic heterocycles. The number of rotatable bonds is 6. The fraction of sp³-hybridized carbons (Fsp3) is 0.538. The van der Waals surface area contributed by atoms with E-state index in [2.05, 4.69) is 19.6 Å². The van der Waals surface area contributed by atoms with E-state index in [1.165, 1.54) is 31.2 Å². The summed E-state index contributed by atoms with van der Waals surface area (Å²) in [4.78, 5) is 11.8. The zero-order chi connectivity index (χ0) is 16.4. The van der Waals surface area contributed by atoms with Crippen LogP contribution in [0.1, 0.15) is 12.8 Å². The summed E-state index contributed by atoms with van der Waals surface area (Å²) in [6, 6.07) is 0. The summed E-state index contributed by atoms with van der Waals surface area (Å²) >= 11 is 7.80. The maximum atomic E-state index is 11.6. The molecule has 0 unspecified atom stereocenters. The predicted molar refractivity (Wildman–Crippen MR) is 92.6 cm³/mol. The van der Waals surface area contributed by atoms with E-state index in [4.69, 9.17) is 11.6 Å². The van der Waals surface area contributed by atoms with Crippen LogP contribution in [0.15, 0.2) is 12.4 Å². The smallest absolute Gasteiger partial charge is 0.213 e. The lowest BCUT2D eigenvalue weighted by molar-refractivity contribution is 0.581. The van der Waals surface area contributed by atoms with Crippen LogP contribution < -0.4 is 9.62 Å². The van der Waals surface area contributed by atoms with Gasteiger partial charge < -0.3 is 9.47 Å². The molecule has 0 radical (unpaired) electrons. The van der Waals surface area contributed by atoms with E-state index in [9.17, 15) is 8.42 Å². The van der Waals surface area contributed by atoms with Crippen LogP contribution in [-0.2, 0) is 16.6 Å². The van der Waals surface area contributed by atoms with Gasteiger partial charge in [-0.2, -0.15) is 0 Å². The normalized spacial score (nSPS) is 15.5. The zero-order valence-electron chi connectivity index (χ0n) is 12.7. The van der Waals surface area contributed by atoms with Crippen molar-refractivity contribution in [3.63, 3.8) is 0 Å². The van der Waals surface area contributed by atoms with Crippen molar-refractivity contribution in [1.29, 1.82) is 0 Å². The van der Waals surface area contributed by atoms with Crippen molar-refractivity contribution in [2.24, 2.45) is 0 Å². The van der Waals surface area contributed by atoms with Gasteiger partial charge in [-0.15, -0.1) is 0 Å². The Hall–Kier alpha value is -1.16. The summed E-state index contributed by atoms with van der Waals surface area (Å²) in [5.41, 5.74) is 0. The highest BCUT2D eigenvalue weighted by atomic mass is 35.5. The highest BCUT2D eigenvalue weighted by molar-refractivity contribution is 7.89. The molecule has 0 spiro atoms. The highest BCUT2D eigenvalue weighted by Gasteiger charge is 2.21. The fourth-order valence-electron chi connectivity index (χ4n) is 2.49. The second-order valence-electron chi connectivity index (χ2n) is 5.28. The Bertz CT molecular complexity index is 780. The van der Waals surface area contributed by atoms with Gasteiger partial charge in [0.15, 0.2) is 16.1 Å². The number of aryl methyl sites for hydroxylation is 1. The van der Waals surface area contributed by atoms with Gasteiger partial charge in [-0.25, -0.2) is 23.1 Å². The van der Waals surface area contributed by atoms with Crippen LogP contribution in [0.2, 0.25) is 5.15 Å². The summed E-state index contributed by atoms with van der Waals surface area (Å²) in [6.45, 7) is 2.31. The van der Waals surface area contributed by atoms with Crippen LogP contribution in [0.3, 0.4) is 0 Å². The molecule has 1 aliphatic rings. The Morgan fingerprint density at radius 1 is 1.39 bits per heavy atom. The molecule has 3 heterocycles. The number of imidazole rings is 1. The van der Waals surface area contributed by atoms with Crippen molar-refractivity contribution in [2.45, 2.75) is 19.4 Å². The van der Waals surface area contributed by atoms with Gasteiger partial charge >= 0.3 is 0 Å². The topological polar surface area (TPSA) is 80.1 Å². The van der Waals surface area contributed by atoms with Crippen LogP contribution in [0.25, 0.3) is 10.7 Å². The Morgan fingerprint density at radius 2 is 2.13 bits per heavy atom. The lowest BCUT2D eigenvalue weighted by Gasteiger charge is -2.12. The second kappa shape index (κ2) is 6.76. The van der Waals surface area contributed by atoms with Crippen molar-refractivity contribution in [1.82, 2.24) is 19.3 Å². The Balaban J connectivity index is 1.84. The van der Waals surface area contributed by atoms with Gasteiger partial charge in [0.2, 0.25) is 10.0 Å². The van der Waals surface area contributed by atoms with Crippen LogP contribution in [-0.4, -0.2) is 48.8 Å². The number of hydrogen-bond acceptors (Lipinski definition) is 6. The van der Waals surface area contributed by atoms with E-state index in [1.54, 1.807) is 17.0 Å². The predicted octanol–water partition coefficient (Wildman–Crippen LogP) is 1.81. The van der Waals surface area contributed by atoms with Gasteiger partial charge in [-0.05, 0) is 19.9 Å². The molecule has 10 heteroatoms. The molecule has 1 N–H and O–H groups in total. The summed E-state index contributed by atoms with van der Waals surface area (Å²) in [5.74, 6) is 0.645. The number of nitrogens with one attached hydrogen (secondary N) is 1. The quantitative estimate of drug-likeness (QED) is 0.832. The zero-order valence-corrected chi connectivity index (χ0v) is 15.1. The third-order valence-corrected chi connectivity index (χ3v) is 6.62. The average molecular weight is 376 g/mol. The second-order valence-corrected chi connectivity index (χ2v) is 8.66. The molecular weight excluding hydrogens is 358 g/mol. The van der Waals surface area contributed by atoms with Crippen LogP contribution in [0.5, 0.6) is 0 Å². The van der Waals surface area contributed by atoms with Crippen LogP contribution in [0.4, 0.5) is 5.13 Å². The summed E-state index contributed by atoms with van der Waals surface area (Å²) in [7, 11) is -1.86. The van der Waals surface area contributed by atoms with E-state index < -0.39 is 10.0 Å². The molecule has 1 saturated heterocycles. The minimum absolute atomic E-state index is 0.0116. The summed E-state index contributed by atoms with van der Waals surface area (Å²) < 4.78 is 27.3. The van der Waals surface area contributed by atoms with Gasteiger partial charge in [0.1, 0.15) is 4.88 Å². The third-order valence-electron chi connectivity index (χ3n) is 3.78. The fourth-order valence-corrected chi connectivity index (χ4v) is 4.49. The molecule has 0 atom stereocenters. The standard InChI is InChI=1S/C13H18ClN5O2S2/c1-15-23(20,21)9-8-18-7-4-16-12(18)10-11(14)17-13(22-10)19-5-2-3-6-19/h4,7,15H,2-3,5-6,8-9H2,1H3. The number of sulfonamides is 1. The van der Waals surface area contributed by atoms with Gasteiger partial charge in [0, 0.05) is 32.0 Å². The van der Waals surface area contributed by atoms with E-state index in [1.807, 2.05) is 0 Å². The average Bonchev–Trinajstić information content (AvgIpc) is 3.25. The van der Waals surface area contributed by atoms with Gasteiger partial charge in [0.25, 0.3) is 0 Å². The number of aromatic nitrogens is 3. The molecule has 0 aromatic carbocycles. The number of anilines is 1. The minimum atomic E-state index is -3.26. The lowest BCUT2D eigenvalue weighted by atomic mass is 10.4. The first-order valence-electron chi connectivity index (χ1n) is 7.34. The van der Waals surface area contributed by atoms with E-state index >= 15 is 0 Å². The Labute approximate surface area is 144 Å². The largest absolute Gasteiger partial charge is 0.348 e. The maximum absolute atomic E-state index is 11.6. The van der Waals surface area contributed by atoms with Crippen LogP contribution >= 0.6 is 22.9 Å². The molecule has 0 aliphatic carbocycles. The molecule has 0 saturated carbocycles. The molecule has 0 bridgehead atoms. The highest BCUT2D eigenvalue weighted by Crippen LogP contribution is 2.37. The number of halogens is 1. The monoisotopic (exact) mass is 375 g/mol. The lowest BCUT2D eigenvalue weighted by Crippen LogP contribution is -2.24. The summed E-state index contributed by atoms with van der Waals surface area (Å²) in [5, 5.41) is 1.32. The first-order chi connectivity index (χ1) is 11.0. The van der Waals surface area contributed by atoms with E-state index in [0.29, 0.717) is 17.5 Å². The SMILES string of the molecule is CNS(=O)(=O)CCn1ccnc1-c1sc(N2CCCC2)nc1Cl. The maximum Gasteiger partial charge on any atom is 0.213 e. The van der Waals surface area contributed by atoms with Gasteiger partial charge in [0.05, 0.1) is 5.75 Å². The van der Waals surface area contributed by atoms with Crippen molar-refractivity contribution in [2.75, 3.05) is 30.8 Å². The van der Waals surface area contributed by atoms with E-state index in [0.717, 1.165) is 23.1 Å². The molecule has 2 aromatic heterocycles. The van der Waals surface area contributed by atoms with E-state index in [-0.39, 0.29) is 5.75 Å². The minimum Gasteiger partial charge on any atom is -0.348 e. The molecule has 2 aromatic rings. The Morgan fingerprint density at radius 3 is 2.83 bits per heavy atom. The van der Waals surface area contributed by atoms with Crippen molar-refractivity contribution in [3.05, 3.63) is 17.5 Å². The third kappa shape index (κ3) is 3.68. The number of nitrogens with zero attached hydrogens (tertiary/aromatic N) is 4. The van der Waals surface area contributed by atoms with Crippen molar-refractivity contribution >= 4 is 38.1 Å².